The van der Waals surface area contributed by atoms with Gasteiger partial charge in [0.05, 0.1) is 30.7 Å². The maximum absolute atomic E-state index is 12.7. The van der Waals surface area contributed by atoms with Gasteiger partial charge in [0, 0.05) is 25.1 Å². The van der Waals surface area contributed by atoms with Crippen LogP contribution in [0.25, 0.3) is 16.6 Å². The third-order valence-electron chi connectivity index (χ3n) is 5.17. The summed E-state index contributed by atoms with van der Waals surface area (Å²) in [5, 5.41) is 3.74. The molecule has 4 aromatic heterocycles. The summed E-state index contributed by atoms with van der Waals surface area (Å²) in [6, 6.07) is 8.03. The van der Waals surface area contributed by atoms with Crippen molar-refractivity contribution < 1.29 is 14.1 Å². The number of amides is 1. The molecule has 0 bridgehead atoms. The minimum Gasteiger partial charge on any atom is -0.368 e. The van der Waals surface area contributed by atoms with Crippen LogP contribution in [-0.4, -0.2) is 55.0 Å². The number of pyridine rings is 2. The first-order valence-corrected chi connectivity index (χ1v) is 9.73. The van der Waals surface area contributed by atoms with E-state index in [1.165, 1.54) is 0 Å². The van der Waals surface area contributed by atoms with Crippen molar-refractivity contribution in [2.45, 2.75) is 19.4 Å². The van der Waals surface area contributed by atoms with Gasteiger partial charge < -0.3 is 18.6 Å². The molecule has 4 aromatic rings. The second kappa shape index (κ2) is 7.68. The molecule has 1 aliphatic rings. The Morgan fingerprint density at radius 1 is 1.20 bits per heavy atom. The summed E-state index contributed by atoms with van der Waals surface area (Å²) in [6.07, 6.45) is 7.16. The Balaban J connectivity index is 1.35. The van der Waals surface area contributed by atoms with Gasteiger partial charge in [-0.1, -0.05) is 11.2 Å². The van der Waals surface area contributed by atoms with E-state index < -0.39 is 0 Å². The first-order valence-electron chi connectivity index (χ1n) is 9.73. The van der Waals surface area contributed by atoms with E-state index in [0.29, 0.717) is 31.4 Å². The lowest BCUT2D eigenvalue weighted by Gasteiger charge is -2.32. The smallest absolute Gasteiger partial charge is 0.236 e. The number of imidazole rings is 1. The van der Waals surface area contributed by atoms with Crippen LogP contribution in [0.5, 0.6) is 0 Å². The fourth-order valence-electron chi connectivity index (χ4n) is 3.68. The highest BCUT2D eigenvalue weighted by atomic mass is 16.5. The summed E-state index contributed by atoms with van der Waals surface area (Å²) in [7, 11) is 0. The largest absolute Gasteiger partial charge is 0.368 e. The summed E-state index contributed by atoms with van der Waals surface area (Å²) in [5.41, 5.74) is 3.94. The molecular formula is C21H20N6O3. The molecule has 30 heavy (non-hydrogen) atoms. The average Bonchev–Trinajstić information content (AvgIpc) is 3.39. The van der Waals surface area contributed by atoms with Gasteiger partial charge in [0.1, 0.15) is 12.5 Å². The quantitative estimate of drug-likeness (QED) is 0.514. The number of aryl methyl sites for hydroxylation is 1. The molecule has 1 amide bonds. The Labute approximate surface area is 172 Å². The van der Waals surface area contributed by atoms with E-state index in [-0.39, 0.29) is 18.4 Å². The van der Waals surface area contributed by atoms with Crippen LogP contribution in [0.15, 0.2) is 53.7 Å². The van der Waals surface area contributed by atoms with Gasteiger partial charge >= 0.3 is 0 Å². The Bertz CT molecular complexity index is 1190. The van der Waals surface area contributed by atoms with Crippen LogP contribution in [0.3, 0.4) is 0 Å². The van der Waals surface area contributed by atoms with Crippen molar-refractivity contribution in [1.29, 1.82) is 0 Å². The van der Waals surface area contributed by atoms with Gasteiger partial charge in [-0.2, -0.15) is 4.98 Å². The van der Waals surface area contributed by atoms with Crippen LogP contribution >= 0.6 is 0 Å². The fraction of sp³-hybridized carbons (Fsp3) is 0.286. The second-order valence-electron chi connectivity index (χ2n) is 7.19. The summed E-state index contributed by atoms with van der Waals surface area (Å²) in [4.78, 5) is 27.2. The molecule has 1 fully saturated rings. The topological polar surface area (TPSA) is 98.7 Å². The summed E-state index contributed by atoms with van der Waals surface area (Å²) in [6.45, 7) is 3.14. The van der Waals surface area contributed by atoms with Gasteiger partial charge in [0.25, 0.3) is 0 Å². The maximum Gasteiger partial charge on any atom is 0.236 e. The highest BCUT2D eigenvalue weighted by Gasteiger charge is 2.29. The van der Waals surface area contributed by atoms with Gasteiger partial charge in [-0.15, -0.1) is 0 Å². The Hall–Kier alpha value is -3.59. The molecule has 0 aromatic carbocycles. The molecule has 5 heterocycles. The molecule has 1 atom stereocenters. The third kappa shape index (κ3) is 3.55. The monoisotopic (exact) mass is 404 g/mol. The first kappa shape index (κ1) is 18.4. The lowest BCUT2D eigenvalue weighted by atomic mass is 10.1. The molecule has 1 saturated heterocycles. The van der Waals surface area contributed by atoms with Gasteiger partial charge in [-0.05, 0) is 36.2 Å². The van der Waals surface area contributed by atoms with Gasteiger partial charge in [-0.25, -0.2) is 4.98 Å². The highest BCUT2D eigenvalue weighted by molar-refractivity contribution is 5.78. The van der Waals surface area contributed by atoms with Crippen molar-refractivity contribution in [2.75, 3.05) is 19.7 Å². The van der Waals surface area contributed by atoms with Crippen LogP contribution in [0.4, 0.5) is 0 Å². The molecule has 9 heteroatoms. The number of hydrogen-bond acceptors (Lipinski definition) is 7. The normalized spacial score (nSPS) is 16.8. The number of ether oxygens (including phenoxy) is 1. The van der Waals surface area contributed by atoms with Crippen molar-refractivity contribution >= 4 is 11.4 Å². The molecule has 0 radical (unpaired) electrons. The Morgan fingerprint density at radius 2 is 2.07 bits per heavy atom. The zero-order valence-corrected chi connectivity index (χ0v) is 16.4. The molecule has 9 nitrogen and oxygen atoms in total. The molecule has 5 rings (SSSR count). The standard InChI is InChI=1S/C21H20N6O3/c1-14-24-19(30-25-14)10-20(28)26-8-9-29-18(12-26)21-17-3-2-16(11-27(17)13-23-21)15-4-6-22-7-5-15/h2-7,11,13,18H,8-10,12H2,1H3/t18-/m0/s1. The van der Waals surface area contributed by atoms with E-state index in [9.17, 15) is 4.79 Å². The molecule has 152 valence electrons. The second-order valence-corrected chi connectivity index (χ2v) is 7.19. The van der Waals surface area contributed by atoms with Gasteiger partial charge in [0.2, 0.25) is 11.8 Å². The van der Waals surface area contributed by atoms with Crippen LogP contribution < -0.4 is 0 Å². The van der Waals surface area contributed by atoms with Crippen LogP contribution in [0.1, 0.15) is 23.5 Å². The number of aromatic nitrogens is 5. The van der Waals surface area contributed by atoms with Crippen LogP contribution in [-0.2, 0) is 16.0 Å². The SMILES string of the molecule is Cc1noc(CC(=O)N2CCO[C@H](c3ncn4cc(-c5ccncc5)ccc34)C2)n1. The fourth-order valence-corrected chi connectivity index (χ4v) is 3.68. The lowest BCUT2D eigenvalue weighted by molar-refractivity contribution is -0.138. The van der Waals surface area contributed by atoms with Gasteiger partial charge in [-0.3, -0.25) is 9.78 Å². The van der Waals surface area contributed by atoms with Crippen molar-refractivity contribution in [3.8, 4) is 11.1 Å². The van der Waals surface area contributed by atoms with Crippen LogP contribution in [0, 0.1) is 6.92 Å². The van der Waals surface area contributed by atoms with Crippen molar-refractivity contribution in [2.24, 2.45) is 0 Å². The predicted molar refractivity (Wildman–Crippen MR) is 106 cm³/mol. The Morgan fingerprint density at radius 3 is 2.87 bits per heavy atom. The van der Waals surface area contributed by atoms with Crippen molar-refractivity contribution in [1.82, 2.24) is 29.4 Å². The highest BCUT2D eigenvalue weighted by Crippen LogP contribution is 2.27. The molecule has 1 aliphatic heterocycles. The first-order chi connectivity index (χ1) is 14.7. The minimum atomic E-state index is -0.288. The predicted octanol–water partition coefficient (Wildman–Crippen LogP) is 2.23. The van der Waals surface area contributed by atoms with Gasteiger partial charge in [0.15, 0.2) is 5.82 Å². The number of hydrogen-bond donors (Lipinski definition) is 0. The molecular weight excluding hydrogens is 384 g/mol. The number of rotatable bonds is 4. The number of morpholine rings is 1. The van der Waals surface area contributed by atoms with E-state index >= 15 is 0 Å². The molecule has 0 spiro atoms. The van der Waals surface area contributed by atoms with E-state index in [4.69, 9.17) is 9.26 Å². The molecule has 0 saturated carbocycles. The van der Waals surface area contributed by atoms with Crippen molar-refractivity contribution in [3.05, 3.63) is 66.6 Å². The summed E-state index contributed by atoms with van der Waals surface area (Å²) >= 11 is 0. The molecule has 0 aliphatic carbocycles. The Kier molecular flexibility index (Phi) is 4.72. The number of carbonyl (C=O) groups excluding carboxylic acids is 1. The van der Waals surface area contributed by atoms with E-state index in [1.807, 2.05) is 28.8 Å². The lowest BCUT2D eigenvalue weighted by Crippen LogP contribution is -2.43. The molecule has 0 unspecified atom stereocenters. The molecule has 0 N–H and O–H groups in total. The number of fused-ring (bicyclic) bond motifs is 1. The zero-order chi connectivity index (χ0) is 20.5. The van der Waals surface area contributed by atoms with E-state index in [2.05, 4.69) is 26.2 Å². The average molecular weight is 404 g/mol. The van der Waals surface area contributed by atoms with E-state index in [1.54, 1.807) is 30.5 Å². The maximum atomic E-state index is 12.7. The summed E-state index contributed by atoms with van der Waals surface area (Å²) < 4.78 is 13.0. The summed E-state index contributed by atoms with van der Waals surface area (Å²) in [5.74, 6) is 0.792. The number of nitrogens with zero attached hydrogens (tertiary/aromatic N) is 6. The minimum absolute atomic E-state index is 0.0598. The third-order valence-corrected chi connectivity index (χ3v) is 5.17. The number of carbonyl (C=O) groups is 1. The van der Waals surface area contributed by atoms with Crippen molar-refractivity contribution in [3.63, 3.8) is 0 Å². The van der Waals surface area contributed by atoms with E-state index in [0.717, 1.165) is 22.3 Å². The zero-order valence-electron chi connectivity index (χ0n) is 16.4. The van der Waals surface area contributed by atoms with Crippen LogP contribution in [0.2, 0.25) is 0 Å².